The number of piperidine rings is 1. The molecule has 1 spiro atoms. The molecule has 0 bridgehead atoms. The van der Waals surface area contributed by atoms with Crippen LogP contribution >= 0.6 is 0 Å². The van der Waals surface area contributed by atoms with Gasteiger partial charge in [0.15, 0.2) is 0 Å². The molecule has 0 saturated carbocycles. The number of hydrogen-bond acceptors (Lipinski definition) is 6. The van der Waals surface area contributed by atoms with Crippen molar-refractivity contribution >= 4 is 17.6 Å². The molecule has 2 aromatic carbocycles. The van der Waals surface area contributed by atoms with Gasteiger partial charge in [-0.25, -0.2) is 4.79 Å². The van der Waals surface area contributed by atoms with Crippen LogP contribution in [0.2, 0.25) is 0 Å². The Bertz CT molecular complexity index is 1320. The normalized spacial score (nSPS) is 21.4. The van der Waals surface area contributed by atoms with Crippen molar-refractivity contribution in [1.29, 1.82) is 0 Å². The molecule has 3 aliphatic rings. The van der Waals surface area contributed by atoms with Crippen LogP contribution in [0.3, 0.4) is 0 Å². The third-order valence-corrected chi connectivity index (χ3v) is 8.60. The Morgan fingerprint density at radius 1 is 1.07 bits per heavy atom. The number of esters is 1. The van der Waals surface area contributed by atoms with Crippen LogP contribution in [0.5, 0.6) is 5.75 Å². The lowest BCUT2D eigenvalue weighted by Gasteiger charge is -2.44. The fourth-order valence-corrected chi connectivity index (χ4v) is 6.22. The largest absolute Gasteiger partial charge is 0.497 e. The van der Waals surface area contributed by atoms with E-state index in [9.17, 15) is 22.8 Å². The van der Waals surface area contributed by atoms with Crippen molar-refractivity contribution in [3.05, 3.63) is 70.8 Å². The van der Waals surface area contributed by atoms with Crippen LogP contribution < -0.4 is 9.64 Å². The monoisotopic (exact) mass is 571 g/mol. The van der Waals surface area contributed by atoms with Gasteiger partial charge in [0.2, 0.25) is 0 Å². The fourth-order valence-electron chi connectivity index (χ4n) is 6.22. The van der Waals surface area contributed by atoms with Crippen molar-refractivity contribution in [1.82, 2.24) is 9.80 Å². The number of anilines is 1. The second kappa shape index (κ2) is 11.4. The molecule has 2 saturated heterocycles. The summed E-state index contributed by atoms with van der Waals surface area (Å²) < 4.78 is 50.9. The van der Waals surface area contributed by atoms with Crippen molar-refractivity contribution < 1.29 is 32.2 Å². The quantitative estimate of drug-likeness (QED) is 0.469. The van der Waals surface area contributed by atoms with Crippen LogP contribution in [0.1, 0.15) is 37.8 Å². The lowest BCUT2D eigenvalue weighted by atomic mass is 9.82. The number of carbonyl (C=O) groups is 2. The van der Waals surface area contributed by atoms with Crippen molar-refractivity contribution in [2.75, 3.05) is 51.3 Å². The Hall–Kier alpha value is -3.53. The molecule has 3 aliphatic heterocycles. The average Bonchev–Trinajstić information content (AvgIpc) is 3.20. The first-order valence-corrected chi connectivity index (χ1v) is 14.0. The predicted molar refractivity (Wildman–Crippen MR) is 149 cm³/mol. The van der Waals surface area contributed by atoms with E-state index < -0.39 is 23.3 Å². The smallest absolute Gasteiger partial charge is 0.416 e. The van der Waals surface area contributed by atoms with Gasteiger partial charge in [-0.15, -0.1) is 0 Å². The summed E-state index contributed by atoms with van der Waals surface area (Å²) in [4.78, 5) is 32.6. The molecule has 5 rings (SSSR count). The van der Waals surface area contributed by atoms with Crippen LogP contribution in [0.15, 0.2) is 59.7 Å². The Kier molecular flexibility index (Phi) is 8.05. The summed E-state index contributed by atoms with van der Waals surface area (Å²) in [6.07, 6.45) is -2.46. The molecule has 1 atom stereocenters. The number of alkyl halides is 3. The zero-order chi connectivity index (χ0) is 29.4. The van der Waals surface area contributed by atoms with Crippen molar-refractivity contribution in [2.45, 2.75) is 50.9 Å². The van der Waals surface area contributed by atoms with Gasteiger partial charge in [0.05, 0.1) is 18.2 Å². The number of piperazine rings is 1. The zero-order valence-electron chi connectivity index (χ0n) is 23.7. The summed E-state index contributed by atoms with van der Waals surface area (Å²) in [6.45, 7) is 6.88. The number of rotatable bonds is 6. The zero-order valence-corrected chi connectivity index (χ0v) is 23.7. The number of methoxy groups -OCH3 is 1. The van der Waals surface area contributed by atoms with Gasteiger partial charge in [-0.3, -0.25) is 4.79 Å². The number of ether oxygens (including phenoxy) is 2. The van der Waals surface area contributed by atoms with Crippen LogP contribution in [-0.2, 0) is 26.9 Å². The Morgan fingerprint density at radius 2 is 1.78 bits per heavy atom. The topological polar surface area (TPSA) is 62.3 Å². The van der Waals surface area contributed by atoms with Crippen LogP contribution in [-0.4, -0.2) is 79.7 Å². The molecule has 1 unspecified atom stereocenters. The van der Waals surface area contributed by atoms with Gasteiger partial charge in [-0.05, 0) is 56.2 Å². The molecule has 41 heavy (non-hydrogen) atoms. The molecule has 10 heteroatoms. The highest BCUT2D eigenvalue weighted by molar-refractivity contribution is 6.07. The number of hydrogen-bond donors (Lipinski definition) is 0. The van der Waals surface area contributed by atoms with E-state index in [1.54, 1.807) is 25.0 Å². The SMILES string of the molecule is COc1ccc(CCN2CCC3(CC2)OC(=O)C(C)=C3C(=O)N2CCN(c3cccc(C(F)(F)F)c3)C(C)C2)cc1. The molecule has 0 radical (unpaired) electrons. The van der Waals surface area contributed by atoms with E-state index in [0.717, 1.165) is 30.8 Å². The number of nitrogens with zero attached hydrogens (tertiary/aromatic N) is 3. The summed E-state index contributed by atoms with van der Waals surface area (Å²) in [7, 11) is 1.64. The van der Waals surface area contributed by atoms with E-state index in [1.807, 2.05) is 24.0 Å². The molecule has 0 aliphatic carbocycles. The van der Waals surface area contributed by atoms with E-state index in [1.165, 1.54) is 11.6 Å². The molecule has 1 amide bonds. The highest BCUT2D eigenvalue weighted by atomic mass is 19.4. The van der Waals surface area contributed by atoms with Gasteiger partial charge in [-0.1, -0.05) is 18.2 Å². The first-order chi connectivity index (χ1) is 19.5. The highest BCUT2D eigenvalue weighted by Gasteiger charge is 2.52. The van der Waals surface area contributed by atoms with Gasteiger partial charge < -0.3 is 24.2 Å². The molecule has 0 aromatic heterocycles. The van der Waals surface area contributed by atoms with Crippen LogP contribution in [0.4, 0.5) is 18.9 Å². The minimum absolute atomic E-state index is 0.203. The maximum Gasteiger partial charge on any atom is 0.416 e. The first kappa shape index (κ1) is 29.0. The van der Waals surface area contributed by atoms with E-state index in [4.69, 9.17) is 9.47 Å². The summed E-state index contributed by atoms with van der Waals surface area (Å²) in [5, 5.41) is 0. The molecule has 2 aromatic rings. The van der Waals surface area contributed by atoms with Crippen molar-refractivity contribution in [2.24, 2.45) is 0 Å². The number of halogens is 3. The Morgan fingerprint density at radius 3 is 2.41 bits per heavy atom. The molecule has 220 valence electrons. The maximum absolute atomic E-state index is 13.9. The molecule has 3 heterocycles. The fraction of sp³-hybridized carbons (Fsp3) is 0.484. The third kappa shape index (κ3) is 5.93. The second-order valence-electron chi connectivity index (χ2n) is 11.2. The van der Waals surface area contributed by atoms with Gasteiger partial charge in [0, 0.05) is 69.4 Å². The number of carbonyl (C=O) groups excluding carboxylic acids is 2. The van der Waals surface area contributed by atoms with Crippen LogP contribution in [0.25, 0.3) is 0 Å². The molecule has 7 nitrogen and oxygen atoms in total. The molecular formula is C31H36F3N3O4. The molecule has 2 fully saturated rings. The molecule has 0 N–H and O–H groups in total. The standard InChI is InChI=1S/C31H36F3N3O4/c1-21-20-36(17-18-37(21)25-6-4-5-24(19-25)31(32,33)34)28(38)27-22(2)29(39)41-30(27)12-15-35(16-13-30)14-11-23-7-9-26(40-3)10-8-23/h4-10,19,21H,11-18,20H2,1-3H3. The van der Waals surface area contributed by atoms with Crippen molar-refractivity contribution in [3.8, 4) is 5.75 Å². The van der Waals surface area contributed by atoms with E-state index in [0.29, 0.717) is 62.4 Å². The number of amides is 1. The summed E-state index contributed by atoms with van der Waals surface area (Å²) in [6, 6.07) is 13.1. The van der Waals surface area contributed by atoms with Gasteiger partial charge in [0.25, 0.3) is 5.91 Å². The molecular weight excluding hydrogens is 535 g/mol. The highest BCUT2D eigenvalue weighted by Crippen LogP contribution is 2.42. The van der Waals surface area contributed by atoms with Crippen molar-refractivity contribution in [3.63, 3.8) is 0 Å². The van der Waals surface area contributed by atoms with E-state index in [-0.39, 0.29) is 11.9 Å². The lowest BCUT2D eigenvalue weighted by molar-refractivity contribution is -0.151. The summed E-state index contributed by atoms with van der Waals surface area (Å²) in [5.41, 5.74) is 0.860. The minimum Gasteiger partial charge on any atom is -0.497 e. The summed E-state index contributed by atoms with van der Waals surface area (Å²) >= 11 is 0. The van der Waals surface area contributed by atoms with Gasteiger partial charge >= 0.3 is 12.1 Å². The first-order valence-electron chi connectivity index (χ1n) is 14.0. The van der Waals surface area contributed by atoms with E-state index >= 15 is 0 Å². The number of likely N-dealkylation sites (tertiary alicyclic amines) is 1. The number of benzene rings is 2. The Balaban J connectivity index is 1.23. The van der Waals surface area contributed by atoms with Gasteiger partial charge in [-0.2, -0.15) is 13.2 Å². The summed E-state index contributed by atoms with van der Waals surface area (Å²) in [5.74, 6) is 0.161. The second-order valence-corrected chi connectivity index (χ2v) is 11.2. The Labute approximate surface area is 238 Å². The van der Waals surface area contributed by atoms with Gasteiger partial charge in [0.1, 0.15) is 11.4 Å². The minimum atomic E-state index is -4.42. The van der Waals surface area contributed by atoms with E-state index in [2.05, 4.69) is 17.0 Å². The average molecular weight is 572 g/mol. The third-order valence-electron chi connectivity index (χ3n) is 8.60. The maximum atomic E-state index is 13.9. The lowest BCUT2D eigenvalue weighted by Crippen LogP contribution is -2.56. The van der Waals surface area contributed by atoms with Crippen LogP contribution in [0, 0.1) is 0 Å². The predicted octanol–water partition coefficient (Wildman–Crippen LogP) is 4.70.